The maximum Gasteiger partial charge on any atom is 0.142 e. The standard InChI is InChI=1S/C10H12ClFOS/c11-9-7-8(3-4-10(9)12)13-5-1-2-6-14/h3-4,7,14H,1-2,5-6H2. The van der Waals surface area contributed by atoms with Crippen molar-refractivity contribution < 1.29 is 9.13 Å². The molecule has 1 nitrogen and oxygen atoms in total. The summed E-state index contributed by atoms with van der Waals surface area (Å²) in [6.45, 7) is 0.614. The highest BCUT2D eigenvalue weighted by atomic mass is 35.5. The first kappa shape index (κ1) is 11.7. The molecule has 0 unspecified atom stereocenters. The first-order valence-electron chi connectivity index (χ1n) is 4.43. The molecule has 0 N–H and O–H groups in total. The third kappa shape index (κ3) is 3.76. The van der Waals surface area contributed by atoms with Crippen molar-refractivity contribution >= 4 is 24.2 Å². The van der Waals surface area contributed by atoms with Crippen molar-refractivity contribution in [3.05, 3.63) is 29.0 Å². The molecule has 0 aliphatic carbocycles. The zero-order valence-corrected chi connectivity index (χ0v) is 9.32. The molecule has 0 radical (unpaired) electrons. The highest BCUT2D eigenvalue weighted by Crippen LogP contribution is 2.21. The van der Waals surface area contributed by atoms with Gasteiger partial charge in [0, 0.05) is 6.07 Å². The van der Waals surface area contributed by atoms with Gasteiger partial charge in [0.25, 0.3) is 0 Å². The topological polar surface area (TPSA) is 9.23 Å². The lowest BCUT2D eigenvalue weighted by atomic mass is 10.3. The van der Waals surface area contributed by atoms with Crippen molar-refractivity contribution in [3.63, 3.8) is 0 Å². The van der Waals surface area contributed by atoms with Crippen LogP contribution >= 0.6 is 24.2 Å². The molecule has 0 bridgehead atoms. The molecule has 0 spiro atoms. The van der Waals surface area contributed by atoms with Gasteiger partial charge in [-0.15, -0.1) is 0 Å². The van der Waals surface area contributed by atoms with Gasteiger partial charge in [0.2, 0.25) is 0 Å². The minimum atomic E-state index is -0.422. The summed E-state index contributed by atoms with van der Waals surface area (Å²) < 4.78 is 18.1. The Morgan fingerprint density at radius 1 is 1.36 bits per heavy atom. The number of thiol groups is 1. The number of halogens is 2. The third-order valence-electron chi connectivity index (χ3n) is 1.71. The second-order valence-electron chi connectivity index (χ2n) is 2.86. The van der Waals surface area contributed by atoms with Crippen molar-refractivity contribution in [1.82, 2.24) is 0 Å². The van der Waals surface area contributed by atoms with E-state index in [9.17, 15) is 4.39 Å². The molecule has 1 aromatic carbocycles. The smallest absolute Gasteiger partial charge is 0.142 e. The van der Waals surface area contributed by atoms with Crippen LogP contribution in [0.1, 0.15) is 12.8 Å². The SMILES string of the molecule is Fc1ccc(OCCCCS)cc1Cl. The number of hydrogen-bond acceptors (Lipinski definition) is 2. The van der Waals surface area contributed by atoms with Crippen molar-refractivity contribution in [2.75, 3.05) is 12.4 Å². The molecule has 0 saturated heterocycles. The number of unbranched alkanes of at least 4 members (excludes halogenated alkanes) is 1. The summed E-state index contributed by atoms with van der Waals surface area (Å²) in [7, 11) is 0. The highest BCUT2D eigenvalue weighted by Gasteiger charge is 2.00. The van der Waals surface area contributed by atoms with Gasteiger partial charge in [0.15, 0.2) is 0 Å². The third-order valence-corrected chi connectivity index (χ3v) is 2.32. The second-order valence-corrected chi connectivity index (χ2v) is 3.71. The Labute approximate surface area is 93.6 Å². The van der Waals surface area contributed by atoms with Crippen LogP contribution < -0.4 is 4.74 Å². The molecular weight excluding hydrogens is 223 g/mol. The predicted molar refractivity (Wildman–Crippen MR) is 60.0 cm³/mol. The van der Waals surface area contributed by atoms with E-state index in [2.05, 4.69) is 12.6 Å². The molecule has 0 aliphatic heterocycles. The van der Waals surface area contributed by atoms with E-state index in [1.807, 2.05) is 0 Å². The van der Waals surface area contributed by atoms with Gasteiger partial charge in [0.1, 0.15) is 11.6 Å². The number of benzene rings is 1. The van der Waals surface area contributed by atoms with Gasteiger partial charge in [-0.2, -0.15) is 12.6 Å². The molecule has 0 atom stereocenters. The highest BCUT2D eigenvalue weighted by molar-refractivity contribution is 7.80. The monoisotopic (exact) mass is 234 g/mol. The van der Waals surface area contributed by atoms with Crippen LogP contribution in [-0.2, 0) is 0 Å². The molecular formula is C10H12ClFOS. The summed E-state index contributed by atoms with van der Waals surface area (Å²) in [5, 5.41) is 0.0942. The van der Waals surface area contributed by atoms with E-state index < -0.39 is 5.82 Å². The summed E-state index contributed by atoms with van der Waals surface area (Å²) >= 11 is 9.67. The fraction of sp³-hybridized carbons (Fsp3) is 0.400. The average Bonchev–Trinajstić information content (AvgIpc) is 2.18. The molecule has 14 heavy (non-hydrogen) atoms. The lowest BCUT2D eigenvalue weighted by Crippen LogP contribution is -1.97. The van der Waals surface area contributed by atoms with Gasteiger partial charge in [-0.05, 0) is 30.7 Å². The molecule has 0 amide bonds. The van der Waals surface area contributed by atoms with Gasteiger partial charge in [-0.3, -0.25) is 0 Å². The van der Waals surface area contributed by atoms with E-state index in [1.54, 1.807) is 6.07 Å². The van der Waals surface area contributed by atoms with Crippen LogP contribution in [-0.4, -0.2) is 12.4 Å². The van der Waals surface area contributed by atoms with Gasteiger partial charge in [0.05, 0.1) is 11.6 Å². The van der Waals surface area contributed by atoms with Crippen LogP contribution in [0.25, 0.3) is 0 Å². The van der Waals surface area contributed by atoms with E-state index in [4.69, 9.17) is 16.3 Å². The van der Waals surface area contributed by atoms with E-state index in [0.29, 0.717) is 12.4 Å². The fourth-order valence-corrected chi connectivity index (χ4v) is 1.36. The van der Waals surface area contributed by atoms with Crippen LogP contribution in [0.2, 0.25) is 5.02 Å². The Balaban J connectivity index is 2.39. The number of hydrogen-bond donors (Lipinski definition) is 1. The Bertz CT molecular complexity index is 293. The van der Waals surface area contributed by atoms with E-state index in [-0.39, 0.29) is 5.02 Å². The zero-order valence-electron chi connectivity index (χ0n) is 7.67. The zero-order chi connectivity index (χ0) is 10.4. The maximum absolute atomic E-state index is 12.7. The van der Waals surface area contributed by atoms with Gasteiger partial charge in [-0.25, -0.2) is 4.39 Å². The fourth-order valence-electron chi connectivity index (χ4n) is 0.971. The first-order chi connectivity index (χ1) is 6.74. The quantitative estimate of drug-likeness (QED) is 0.605. The van der Waals surface area contributed by atoms with Gasteiger partial charge >= 0.3 is 0 Å². The lowest BCUT2D eigenvalue weighted by molar-refractivity contribution is 0.309. The minimum absolute atomic E-state index is 0.0942. The summed E-state index contributed by atoms with van der Waals surface area (Å²) in [6.07, 6.45) is 1.95. The molecule has 0 aliphatic rings. The summed E-state index contributed by atoms with van der Waals surface area (Å²) in [5.74, 6) is 1.04. The molecule has 0 fully saturated rings. The molecule has 0 aromatic heterocycles. The molecule has 1 aromatic rings. The maximum atomic E-state index is 12.7. The van der Waals surface area contributed by atoms with Crippen LogP contribution in [0.4, 0.5) is 4.39 Å². The molecule has 1 rings (SSSR count). The Morgan fingerprint density at radius 3 is 2.79 bits per heavy atom. The Morgan fingerprint density at radius 2 is 2.14 bits per heavy atom. The Kier molecular flexibility index (Phi) is 5.12. The normalized spacial score (nSPS) is 10.2. The van der Waals surface area contributed by atoms with Crippen molar-refractivity contribution in [3.8, 4) is 5.75 Å². The van der Waals surface area contributed by atoms with Crippen molar-refractivity contribution in [2.24, 2.45) is 0 Å². The number of rotatable bonds is 5. The molecule has 78 valence electrons. The first-order valence-corrected chi connectivity index (χ1v) is 5.44. The Hall–Kier alpha value is -0.410. The number of ether oxygens (including phenoxy) is 1. The van der Waals surface area contributed by atoms with Crippen LogP contribution in [0, 0.1) is 5.82 Å². The summed E-state index contributed by atoms with van der Waals surface area (Å²) in [5.41, 5.74) is 0. The van der Waals surface area contributed by atoms with Crippen LogP contribution in [0.3, 0.4) is 0 Å². The van der Waals surface area contributed by atoms with Crippen LogP contribution in [0.15, 0.2) is 18.2 Å². The molecule has 0 heterocycles. The van der Waals surface area contributed by atoms with Crippen LogP contribution in [0.5, 0.6) is 5.75 Å². The predicted octanol–water partition coefficient (Wildman–Crippen LogP) is 3.57. The largest absolute Gasteiger partial charge is 0.494 e. The molecule has 4 heteroatoms. The summed E-state index contributed by atoms with van der Waals surface area (Å²) in [4.78, 5) is 0. The van der Waals surface area contributed by atoms with Gasteiger partial charge < -0.3 is 4.74 Å². The lowest BCUT2D eigenvalue weighted by Gasteiger charge is -2.05. The van der Waals surface area contributed by atoms with Gasteiger partial charge in [-0.1, -0.05) is 11.6 Å². The molecule has 0 saturated carbocycles. The van der Waals surface area contributed by atoms with E-state index in [1.165, 1.54) is 12.1 Å². The van der Waals surface area contributed by atoms with Crippen molar-refractivity contribution in [1.29, 1.82) is 0 Å². The summed E-state index contributed by atoms with van der Waals surface area (Å²) in [6, 6.07) is 4.36. The minimum Gasteiger partial charge on any atom is -0.494 e. The van der Waals surface area contributed by atoms with E-state index in [0.717, 1.165) is 18.6 Å². The van der Waals surface area contributed by atoms with E-state index >= 15 is 0 Å². The van der Waals surface area contributed by atoms with Crippen molar-refractivity contribution in [2.45, 2.75) is 12.8 Å². The second kappa shape index (κ2) is 6.14. The average molecular weight is 235 g/mol.